The zero-order chi connectivity index (χ0) is 12.6. The number of hydrogen-bond donors (Lipinski definition) is 0. The van der Waals surface area contributed by atoms with E-state index in [-0.39, 0.29) is 0 Å². The monoisotopic (exact) mass is 257 g/mol. The Kier molecular flexibility index (Phi) is 2.45. The number of hydrogen-bond acceptors (Lipinski definition) is 2. The van der Waals surface area contributed by atoms with Gasteiger partial charge in [-0.3, -0.25) is 0 Å². The van der Waals surface area contributed by atoms with Crippen LogP contribution in [-0.4, -0.2) is 8.42 Å². The first-order chi connectivity index (χ1) is 8.68. The zero-order valence-electron chi connectivity index (χ0n) is 9.52. The molecular formula is C14H11NO2S. The summed E-state index contributed by atoms with van der Waals surface area (Å²) in [6.45, 7) is 0. The van der Waals surface area contributed by atoms with Gasteiger partial charge in [0, 0.05) is 0 Å². The first-order valence-electron chi connectivity index (χ1n) is 5.56. The van der Waals surface area contributed by atoms with Gasteiger partial charge in [-0.25, -0.2) is 12.7 Å². The van der Waals surface area contributed by atoms with E-state index in [2.05, 4.69) is 0 Å². The molecule has 2 aromatic carbocycles. The second kappa shape index (κ2) is 3.99. The number of rotatable bonds is 1. The highest BCUT2D eigenvalue weighted by molar-refractivity contribution is 7.96. The minimum atomic E-state index is -3.44. The number of fused-ring (bicyclic) bond motifs is 1. The molecular weight excluding hydrogens is 246 g/mol. The third-order valence-electron chi connectivity index (χ3n) is 2.82. The van der Waals surface area contributed by atoms with Crippen molar-refractivity contribution in [1.82, 2.24) is 0 Å². The van der Waals surface area contributed by atoms with Crippen LogP contribution in [0, 0.1) is 0 Å². The summed E-state index contributed by atoms with van der Waals surface area (Å²) in [6.07, 6.45) is 1.63. The molecule has 0 spiro atoms. The molecule has 0 atom stereocenters. The number of benzene rings is 2. The van der Waals surface area contributed by atoms with Crippen LogP contribution in [0.5, 0.6) is 0 Å². The van der Waals surface area contributed by atoms with E-state index in [4.69, 9.17) is 0 Å². The molecule has 0 bridgehead atoms. The van der Waals surface area contributed by atoms with Crippen LogP contribution in [-0.2, 0) is 10.0 Å². The summed E-state index contributed by atoms with van der Waals surface area (Å²) in [5, 5.41) is 1.24. The smallest absolute Gasteiger partial charge is 0.234 e. The maximum atomic E-state index is 12.2. The molecule has 1 aliphatic heterocycles. The van der Waals surface area contributed by atoms with E-state index < -0.39 is 10.0 Å². The van der Waals surface area contributed by atoms with Gasteiger partial charge >= 0.3 is 0 Å². The fourth-order valence-corrected chi connectivity index (χ4v) is 3.32. The van der Waals surface area contributed by atoms with Crippen LogP contribution in [0.1, 0.15) is 5.56 Å². The predicted octanol–water partition coefficient (Wildman–Crippen LogP) is 3.14. The lowest BCUT2D eigenvalue weighted by atomic mass is 10.1. The fraction of sp³-hybridized carbons (Fsp3) is 0. The second-order valence-electron chi connectivity index (χ2n) is 4.01. The molecule has 0 aliphatic carbocycles. The van der Waals surface area contributed by atoms with E-state index in [1.165, 1.54) is 9.71 Å². The van der Waals surface area contributed by atoms with Gasteiger partial charge in [-0.2, -0.15) is 0 Å². The van der Waals surface area contributed by atoms with E-state index in [9.17, 15) is 8.42 Å². The maximum Gasteiger partial charge on any atom is 0.261 e. The average Bonchev–Trinajstić information content (AvgIpc) is 2.39. The Hall–Kier alpha value is -2.07. The molecule has 18 heavy (non-hydrogen) atoms. The van der Waals surface area contributed by atoms with E-state index in [1.54, 1.807) is 18.2 Å². The van der Waals surface area contributed by atoms with Gasteiger partial charge in [0.05, 0.1) is 16.8 Å². The third-order valence-corrected chi connectivity index (χ3v) is 4.22. The molecule has 0 saturated heterocycles. The van der Waals surface area contributed by atoms with Gasteiger partial charge in [-0.1, -0.05) is 36.4 Å². The van der Waals surface area contributed by atoms with E-state index in [1.807, 2.05) is 42.5 Å². The van der Waals surface area contributed by atoms with Gasteiger partial charge in [-0.05, 0) is 29.8 Å². The van der Waals surface area contributed by atoms with Crippen LogP contribution in [0.2, 0.25) is 0 Å². The Morgan fingerprint density at radius 1 is 0.833 bits per heavy atom. The molecule has 2 aromatic rings. The molecule has 0 aromatic heterocycles. The largest absolute Gasteiger partial charge is 0.261 e. The lowest BCUT2D eigenvalue weighted by molar-refractivity contribution is 0.604. The minimum Gasteiger partial charge on any atom is -0.234 e. The second-order valence-corrected chi connectivity index (χ2v) is 5.67. The van der Waals surface area contributed by atoms with Crippen LogP contribution in [0.4, 0.5) is 11.4 Å². The third kappa shape index (κ3) is 1.71. The summed E-state index contributed by atoms with van der Waals surface area (Å²) in [7, 11) is -3.44. The van der Waals surface area contributed by atoms with Crippen LogP contribution in [0.15, 0.2) is 60.0 Å². The van der Waals surface area contributed by atoms with Crippen molar-refractivity contribution in [3.8, 4) is 0 Å². The van der Waals surface area contributed by atoms with Crippen molar-refractivity contribution in [3.63, 3.8) is 0 Å². The molecule has 3 nitrogen and oxygen atoms in total. The Morgan fingerprint density at radius 2 is 1.50 bits per heavy atom. The number of para-hydroxylation sites is 2. The molecule has 0 amide bonds. The summed E-state index contributed by atoms with van der Waals surface area (Å²) in [6, 6.07) is 16.5. The highest BCUT2D eigenvalue weighted by Gasteiger charge is 2.26. The normalized spacial score (nSPS) is 16.3. The fourth-order valence-electron chi connectivity index (χ4n) is 2.02. The van der Waals surface area contributed by atoms with Crippen molar-refractivity contribution in [1.29, 1.82) is 0 Å². The first kappa shape index (κ1) is 11.0. The van der Waals surface area contributed by atoms with Crippen molar-refractivity contribution in [3.05, 3.63) is 65.6 Å². The Bertz CT molecular complexity index is 706. The summed E-state index contributed by atoms with van der Waals surface area (Å²) in [4.78, 5) is 0. The molecule has 1 aliphatic rings. The van der Waals surface area contributed by atoms with Gasteiger partial charge in [-0.15, -0.1) is 0 Å². The van der Waals surface area contributed by atoms with E-state index in [0.29, 0.717) is 11.4 Å². The molecule has 0 unspecified atom stereocenters. The van der Waals surface area contributed by atoms with Gasteiger partial charge in [0.25, 0.3) is 10.0 Å². The molecule has 0 saturated carbocycles. The Labute approximate surface area is 106 Å². The maximum absolute atomic E-state index is 12.2. The van der Waals surface area contributed by atoms with Crippen LogP contribution in [0.3, 0.4) is 0 Å². The Morgan fingerprint density at radius 3 is 2.28 bits per heavy atom. The van der Waals surface area contributed by atoms with Crippen molar-refractivity contribution < 1.29 is 8.42 Å². The highest BCUT2D eigenvalue weighted by atomic mass is 32.2. The molecule has 0 radical (unpaired) electrons. The van der Waals surface area contributed by atoms with Crippen LogP contribution < -0.4 is 4.31 Å². The Balaban J connectivity index is 2.26. The topological polar surface area (TPSA) is 37.4 Å². The molecule has 1 heterocycles. The van der Waals surface area contributed by atoms with Gasteiger partial charge < -0.3 is 0 Å². The van der Waals surface area contributed by atoms with E-state index >= 15 is 0 Å². The van der Waals surface area contributed by atoms with Crippen molar-refractivity contribution in [2.75, 3.05) is 4.31 Å². The molecule has 3 rings (SSSR count). The average molecular weight is 257 g/mol. The quantitative estimate of drug-likeness (QED) is 0.787. The van der Waals surface area contributed by atoms with Gasteiger partial charge in [0.15, 0.2) is 0 Å². The number of sulfonamides is 1. The molecule has 4 heteroatoms. The van der Waals surface area contributed by atoms with Crippen LogP contribution in [0.25, 0.3) is 6.08 Å². The van der Waals surface area contributed by atoms with Crippen LogP contribution >= 0.6 is 0 Å². The zero-order valence-corrected chi connectivity index (χ0v) is 10.3. The minimum absolute atomic E-state index is 0.648. The lowest BCUT2D eigenvalue weighted by Crippen LogP contribution is -2.26. The first-order valence-corrected chi connectivity index (χ1v) is 7.06. The van der Waals surface area contributed by atoms with Gasteiger partial charge in [0.2, 0.25) is 0 Å². The summed E-state index contributed by atoms with van der Waals surface area (Å²) in [5.74, 6) is 0. The lowest BCUT2D eigenvalue weighted by Gasteiger charge is -2.27. The summed E-state index contributed by atoms with van der Waals surface area (Å²) < 4.78 is 25.7. The summed E-state index contributed by atoms with van der Waals surface area (Å²) >= 11 is 0. The number of anilines is 2. The predicted molar refractivity (Wildman–Crippen MR) is 73.0 cm³/mol. The van der Waals surface area contributed by atoms with E-state index in [0.717, 1.165) is 5.56 Å². The molecule has 90 valence electrons. The number of nitrogens with zero attached hydrogens (tertiary/aromatic N) is 1. The SMILES string of the molecule is O=S1(=O)C=Cc2ccccc2N1c1ccccc1. The summed E-state index contributed by atoms with van der Waals surface area (Å²) in [5.41, 5.74) is 2.23. The van der Waals surface area contributed by atoms with Gasteiger partial charge in [0.1, 0.15) is 0 Å². The standard InChI is InChI=1S/C14H11NO2S/c16-18(17)11-10-12-6-4-5-9-14(12)15(18)13-7-2-1-3-8-13/h1-11H. The van der Waals surface area contributed by atoms with Crippen molar-refractivity contribution in [2.24, 2.45) is 0 Å². The highest BCUT2D eigenvalue weighted by Crippen LogP contribution is 2.35. The molecule has 0 fully saturated rings. The van der Waals surface area contributed by atoms with Crippen molar-refractivity contribution in [2.45, 2.75) is 0 Å². The van der Waals surface area contributed by atoms with Crippen molar-refractivity contribution >= 4 is 27.5 Å². The molecule has 0 N–H and O–H groups in total.